The van der Waals surface area contributed by atoms with E-state index >= 15 is 0 Å². The van der Waals surface area contributed by atoms with Crippen molar-refractivity contribution in [3.63, 3.8) is 0 Å². The Balaban J connectivity index is 2.00. The second-order valence-electron chi connectivity index (χ2n) is 10.8. The lowest BCUT2D eigenvalue weighted by Gasteiger charge is -2.36. The highest BCUT2D eigenvalue weighted by molar-refractivity contribution is 5.91. The summed E-state index contributed by atoms with van der Waals surface area (Å²) in [5, 5.41) is 0. The van der Waals surface area contributed by atoms with Gasteiger partial charge in [0.1, 0.15) is 0 Å². The van der Waals surface area contributed by atoms with Crippen LogP contribution in [0.25, 0.3) is 11.1 Å². The fourth-order valence-corrected chi connectivity index (χ4v) is 6.01. The Morgan fingerprint density at radius 2 is 0.909 bits per heavy atom. The van der Waals surface area contributed by atoms with E-state index in [0.29, 0.717) is 0 Å². The maximum atomic E-state index is 2.38. The Labute approximate surface area is 199 Å². The van der Waals surface area contributed by atoms with Crippen molar-refractivity contribution in [2.75, 3.05) is 0 Å². The lowest BCUT2D eigenvalue weighted by atomic mass is 9.65. The zero-order chi connectivity index (χ0) is 23.5. The molecule has 0 radical (unpaired) electrons. The molecule has 0 N–H and O–H groups in total. The van der Waals surface area contributed by atoms with Crippen LogP contribution >= 0.6 is 0 Å². The molecule has 0 amide bonds. The molecule has 0 heterocycles. The van der Waals surface area contributed by atoms with Gasteiger partial charge < -0.3 is 0 Å². The summed E-state index contributed by atoms with van der Waals surface area (Å²) in [4.78, 5) is 0. The van der Waals surface area contributed by atoms with Gasteiger partial charge in [0.25, 0.3) is 0 Å². The van der Waals surface area contributed by atoms with Crippen LogP contribution in [0.4, 0.5) is 0 Å². The molecule has 1 aliphatic rings. The number of fused-ring (bicyclic) bond motifs is 3. The van der Waals surface area contributed by atoms with Crippen molar-refractivity contribution in [1.29, 1.82) is 0 Å². The molecule has 0 aromatic heterocycles. The van der Waals surface area contributed by atoms with Gasteiger partial charge in [-0.05, 0) is 94.3 Å². The highest BCUT2D eigenvalue weighted by Crippen LogP contribution is 2.59. The largest absolute Gasteiger partial charge is 0.0718 e. The number of hydrogen-bond donors (Lipinski definition) is 0. The molecule has 0 bridgehead atoms. The van der Waals surface area contributed by atoms with Gasteiger partial charge in [-0.2, -0.15) is 0 Å². The number of rotatable bonds is 2. The monoisotopic (exact) mass is 430 g/mol. The Morgan fingerprint density at radius 3 is 1.36 bits per heavy atom. The van der Waals surface area contributed by atoms with Gasteiger partial charge >= 0.3 is 0 Å². The summed E-state index contributed by atoms with van der Waals surface area (Å²) in [6, 6.07) is 29.8. The van der Waals surface area contributed by atoms with Crippen LogP contribution in [0.1, 0.15) is 70.8 Å². The van der Waals surface area contributed by atoms with Gasteiger partial charge in [0.05, 0.1) is 5.41 Å². The molecule has 166 valence electrons. The fourth-order valence-electron chi connectivity index (χ4n) is 6.01. The van der Waals surface area contributed by atoms with Crippen LogP contribution in [0.3, 0.4) is 0 Å². The first-order valence-electron chi connectivity index (χ1n) is 12.1. The van der Waals surface area contributed by atoms with Gasteiger partial charge in [0, 0.05) is 0 Å². The van der Waals surface area contributed by atoms with Crippen molar-refractivity contribution >= 4 is 0 Å². The molecule has 0 nitrogen and oxygen atoms in total. The van der Waals surface area contributed by atoms with E-state index in [4.69, 9.17) is 0 Å². The molecule has 0 spiro atoms. The van der Waals surface area contributed by atoms with E-state index in [1.807, 2.05) is 0 Å². The SMILES string of the molecule is Cc1ccc(C)c2c1-c1c(C)ccc(C)c1C2(c1ccccc1)c1ccc(C(C)(C)C)cc1. The fraction of sp³-hybridized carbons (Fsp3) is 0.273. The van der Waals surface area contributed by atoms with E-state index in [-0.39, 0.29) is 10.8 Å². The Hall–Kier alpha value is -3.12. The zero-order valence-corrected chi connectivity index (χ0v) is 21.0. The molecule has 0 atom stereocenters. The lowest BCUT2D eigenvalue weighted by molar-refractivity contribution is 0.589. The quantitative estimate of drug-likeness (QED) is 0.263. The van der Waals surface area contributed by atoms with E-state index in [1.165, 1.54) is 61.2 Å². The summed E-state index contributed by atoms with van der Waals surface area (Å²) < 4.78 is 0. The minimum absolute atomic E-state index is 0.128. The molecule has 4 aromatic rings. The normalized spacial score (nSPS) is 14.2. The van der Waals surface area contributed by atoms with Crippen LogP contribution < -0.4 is 0 Å². The van der Waals surface area contributed by atoms with Crippen molar-refractivity contribution in [2.24, 2.45) is 0 Å². The second-order valence-corrected chi connectivity index (χ2v) is 10.8. The van der Waals surface area contributed by atoms with Crippen molar-refractivity contribution < 1.29 is 0 Å². The highest BCUT2D eigenvalue weighted by atomic mass is 14.5. The van der Waals surface area contributed by atoms with Crippen molar-refractivity contribution in [2.45, 2.75) is 59.3 Å². The maximum Gasteiger partial charge on any atom is 0.0718 e. The van der Waals surface area contributed by atoms with Gasteiger partial charge in [-0.15, -0.1) is 0 Å². The average molecular weight is 431 g/mol. The molecule has 0 unspecified atom stereocenters. The number of benzene rings is 4. The standard InChI is InChI=1S/C33H34/c1-21-13-15-23(3)30-28(21)29-22(2)14-16-24(4)31(29)33(30,26-11-9-8-10-12-26)27-19-17-25(18-20-27)32(5,6)7/h8-20H,1-7H3. The summed E-state index contributed by atoms with van der Waals surface area (Å²) in [6.07, 6.45) is 0. The second kappa shape index (κ2) is 7.45. The molecule has 0 heteroatoms. The van der Waals surface area contributed by atoms with E-state index in [2.05, 4.69) is 127 Å². The van der Waals surface area contributed by atoms with Gasteiger partial charge in [-0.25, -0.2) is 0 Å². The third-order valence-electron chi connectivity index (χ3n) is 7.63. The molecule has 0 aliphatic heterocycles. The lowest BCUT2D eigenvalue weighted by Crippen LogP contribution is -2.30. The summed E-state index contributed by atoms with van der Waals surface area (Å²) in [6.45, 7) is 16.0. The van der Waals surface area contributed by atoms with Gasteiger partial charge in [-0.1, -0.05) is 99.6 Å². The third kappa shape index (κ3) is 3.04. The molecule has 33 heavy (non-hydrogen) atoms. The summed E-state index contributed by atoms with van der Waals surface area (Å²) >= 11 is 0. The first-order valence-corrected chi connectivity index (χ1v) is 12.1. The van der Waals surface area contributed by atoms with E-state index in [0.717, 1.165) is 0 Å². The van der Waals surface area contributed by atoms with Gasteiger partial charge in [0.2, 0.25) is 0 Å². The molecule has 0 saturated heterocycles. The Bertz CT molecular complexity index is 1290. The first-order chi connectivity index (χ1) is 15.7. The Morgan fingerprint density at radius 1 is 0.485 bits per heavy atom. The maximum absolute atomic E-state index is 2.38. The van der Waals surface area contributed by atoms with Crippen LogP contribution in [0.5, 0.6) is 0 Å². The highest BCUT2D eigenvalue weighted by Gasteiger charge is 2.48. The zero-order valence-electron chi connectivity index (χ0n) is 21.0. The third-order valence-corrected chi connectivity index (χ3v) is 7.63. The number of aryl methyl sites for hydroxylation is 4. The van der Waals surface area contributed by atoms with Crippen LogP contribution in [0.2, 0.25) is 0 Å². The van der Waals surface area contributed by atoms with E-state index in [1.54, 1.807) is 0 Å². The first kappa shape index (κ1) is 21.7. The average Bonchev–Trinajstić information content (AvgIpc) is 3.14. The minimum atomic E-state index is -0.325. The van der Waals surface area contributed by atoms with Crippen LogP contribution in [-0.4, -0.2) is 0 Å². The van der Waals surface area contributed by atoms with E-state index < -0.39 is 0 Å². The predicted molar refractivity (Wildman–Crippen MR) is 141 cm³/mol. The molecule has 0 fully saturated rings. The smallest absolute Gasteiger partial charge is 0.0622 e. The molecule has 0 saturated carbocycles. The Kier molecular flexibility index (Phi) is 4.90. The molecular formula is C33H34. The van der Waals surface area contributed by atoms with Crippen LogP contribution in [-0.2, 0) is 10.8 Å². The van der Waals surface area contributed by atoms with Crippen LogP contribution in [0.15, 0.2) is 78.9 Å². The summed E-state index contributed by atoms with van der Waals surface area (Å²) in [5.41, 5.74) is 15.0. The van der Waals surface area contributed by atoms with Crippen LogP contribution in [0, 0.1) is 27.7 Å². The molecule has 4 aromatic carbocycles. The summed E-state index contributed by atoms with van der Waals surface area (Å²) in [7, 11) is 0. The summed E-state index contributed by atoms with van der Waals surface area (Å²) in [5.74, 6) is 0. The van der Waals surface area contributed by atoms with Crippen molar-refractivity contribution in [1.82, 2.24) is 0 Å². The van der Waals surface area contributed by atoms with Gasteiger partial charge in [0.15, 0.2) is 0 Å². The topological polar surface area (TPSA) is 0 Å². The van der Waals surface area contributed by atoms with Crippen molar-refractivity contribution in [3.05, 3.63) is 129 Å². The molecule has 1 aliphatic carbocycles. The molecule has 5 rings (SSSR count). The minimum Gasteiger partial charge on any atom is -0.0622 e. The predicted octanol–water partition coefficient (Wildman–Crippen LogP) is 8.58. The van der Waals surface area contributed by atoms with E-state index in [9.17, 15) is 0 Å². The van der Waals surface area contributed by atoms with Crippen molar-refractivity contribution in [3.8, 4) is 11.1 Å². The molecular weight excluding hydrogens is 396 g/mol. The number of hydrogen-bond acceptors (Lipinski definition) is 0. The van der Waals surface area contributed by atoms with Gasteiger partial charge in [-0.3, -0.25) is 0 Å².